The van der Waals surface area contributed by atoms with Crippen molar-refractivity contribution >= 4 is 33.3 Å². The lowest BCUT2D eigenvalue weighted by atomic mass is 10.3. The van der Waals surface area contributed by atoms with Gasteiger partial charge in [0, 0.05) is 12.6 Å². The van der Waals surface area contributed by atoms with Crippen LogP contribution in [0.25, 0.3) is 0 Å². The number of sulfonamides is 1. The summed E-state index contributed by atoms with van der Waals surface area (Å²) in [6.07, 6.45) is 0.352. The molecule has 1 aromatic carbocycles. The van der Waals surface area contributed by atoms with Gasteiger partial charge < -0.3 is 5.11 Å². The van der Waals surface area contributed by atoms with Crippen molar-refractivity contribution < 1.29 is 23.2 Å². The summed E-state index contributed by atoms with van der Waals surface area (Å²) in [4.78, 5) is 20.2. The number of benzene rings is 1. The monoisotopic (exact) mass is 336 g/mol. The number of nitrogens with zero attached hydrogens (tertiary/aromatic N) is 2. The maximum Gasteiger partial charge on any atom is 0.318 e. The van der Waals surface area contributed by atoms with Crippen LogP contribution < -0.4 is 0 Å². The van der Waals surface area contributed by atoms with Crippen LogP contribution in [-0.4, -0.2) is 41.8 Å². The molecule has 0 spiro atoms. The first-order valence-corrected chi connectivity index (χ1v) is 7.68. The van der Waals surface area contributed by atoms with Crippen molar-refractivity contribution in [2.24, 2.45) is 0 Å². The van der Waals surface area contributed by atoms with E-state index in [0.717, 1.165) is 6.07 Å². The van der Waals surface area contributed by atoms with E-state index in [1.54, 1.807) is 6.92 Å². The topological polar surface area (TPSA) is 118 Å². The standard InChI is InChI=1S/C11H13ClN2O6S/c1-2-6-13(7-10(15)16)21(19,20)11-8(12)4-3-5-9(11)14(17)18/h3-5H,2,6-7H2,1H3,(H,15,16). The van der Waals surface area contributed by atoms with Crippen LogP contribution in [0.15, 0.2) is 23.1 Å². The molecule has 0 aliphatic carbocycles. The van der Waals surface area contributed by atoms with Gasteiger partial charge in [0.15, 0.2) is 4.90 Å². The molecular weight excluding hydrogens is 324 g/mol. The minimum absolute atomic E-state index is 0.0863. The van der Waals surface area contributed by atoms with Crippen molar-refractivity contribution in [3.63, 3.8) is 0 Å². The number of carboxylic acid groups (broad SMARTS) is 1. The van der Waals surface area contributed by atoms with Gasteiger partial charge in [-0.2, -0.15) is 4.31 Å². The molecule has 0 heterocycles. The Morgan fingerprint density at radius 2 is 2.10 bits per heavy atom. The highest BCUT2D eigenvalue weighted by Gasteiger charge is 2.34. The molecule has 0 radical (unpaired) electrons. The molecule has 0 fully saturated rings. The molecular formula is C11H13ClN2O6S. The van der Waals surface area contributed by atoms with Crippen molar-refractivity contribution in [1.29, 1.82) is 0 Å². The average Bonchev–Trinajstić information content (AvgIpc) is 2.37. The molecule has 21 heavy (non-hydrogen) atoms. The van der Waals surface area contributed by atoms with E-state index < -0.39 is 38.0 Å². The number of nitro groups is 1. The van der Waals surface area contributed by atoms with Gasteiger partial charge in [0.25, 0.3) is 15.7 Å². The van der Waals surface area contributed by atoms with Crippen LogP contribution in [-0.2, 0) is 14.8 Å². The second-order valence-corrected chi connectivity index (χ2v) is 6.36. The fourth-order valence-electron chi connectivity index (χ4n) is 1.71. The lowest BCUT2D eigenvalue weighted by Crippen LogP contribution is -2.36. The summed E-state index contributed by atoms with van der Waals surface area (Å²) in [6, 6.07) is 3.46. The van der Waals surface area contributed by atoms with Gasteiger partial charge in [0.05, 0.1) is 9.95 Å². The third-order valence-electron chi connectivity index (χ3n) is 2.53. The van der Waals surface area contributed by atoms with Crippen molar-refractivity contribution in [3.05, 3.63) is 33.3 Å². The Balaban J connectivity index is 3.47. The molecule has 0 saturated heterocycles. The van der Waals surface area contributed by atoms with E-state index in [4.69, 9.17) is 16.7 Å². The second kappa shape index (κ2) is 6.83. The van der Waals surface area contributed by atoms with Gasteiger partial charge in [-0.15, -0.1) is 0 Å². The summed E-state index contributed by atoms with van der Waals surface area (Å²) in [5, 5.41) is 19.4. The van der Waals surface area contributed by atoms with Gasteiger partial charge in [0.1, 0.15) is 6.54 Å². The Morgan fingerprint density at radius 1 is 1.48 bits per heavy atom. The van der Waals surface area contributed by atoms with Gasteiger partial charge in [-0.1, -0.05) is 24.6 Å². The molecule has 0 bridgehead atoms. The number of aliphatic carboxylic acids is 1. The Hall–Kier alpha value is -1.71. The first-order chi connectivity index (χ1) is 9.71. The molecule has 0 aliphatic heterocycles. The average molecular weight is 337 g/mol. The smallest absolute Gasteiger partial charge is 0.318 e. The Morgan fingerprint density at radius 3 is 2.57 bits per heavy atom. The third-order valence-corrected chi connectivity index (χ3v) is 4.89. The zero-order valence-corrected chi connectivity index (χ0v) is 12.6. The van der Waals surface area contributed by atoms with Crippen LogP contribution in [0.3, 0.4) is 0 Å². The molecule has 1 aromatic rings. The number of nitro benzene ring substituents is 1. The number of hydrogen-bond acceptors (Lipinski definition) is 5. The van der Waals surface area contributed by atoms with E-state index in [-0.39, 0.29) is 11.6 Å². The summed E-state index contributed by atoms with van der Waals surface area (Å²) < 4.78 is 25.6. The molecule has 116 valence electrons. The van der Waals surface area contributed by atoms with Crippen LogP contribution in [0.2, 0.25) is 5.02 Å². The number of rotatable bonds is 7. The largest absolute Gasteiger partial charge is 0.480 e. The number of carbonyl (C=O) groups is 1. The Bertz CT molecular complexity index is 661. The van der Waals surface area contributed by atoms with Gasteiger partial charge in [-0.3, -0.25) is 14.9 Å². The molecule has 0 aliphatic rings. The Kier molecular flexibility index (Phi) is 5.64. The number of hydrogen-bond donors (Lipinski definition) is 1. The maximum atomic E-state index is 12.5. The summed E-state index contributed by atoms with van der Waals surface area (Å²) in [5.41, 5.74) is -0.686. The van der Waals surface area contributed by atoms with Gasteiger partial charge >= 0.3 is 5.97 Å². The molecule has 10 heteroatoms. The third kappa shape index (κ3) is 3.90. The lowest BCUT2D eigenvalue weighted by Gasteiger charge is -2.20. The molecule has 1 N–H and O–H groups in total. The van der Waals surface area contributed by atoms with Crippen molar-refractivity contribution in [2.75, 3.05) is 13.1 Å². The molecule has 1 rings (SSSR count). The molecule has 0 saturated carbocycles. The zero-order chi connectivity index (χ0) is 16.2. The van der Waals surface area contributed by atoms with E-state index in [1.807, 2.05) is 0 Å². The van der Waals surface area contributed by atoms with Crippen molar-refractivity contribution in [1.82, 2.24) is 4.31 Å². The van der Waals surface area contributed by atoms with Crippen LogP contribution in [0.4, 0.5) is 5.69 Å². The molecule has 0 amide bonds. The van der Waals surface area contributed by atoms with Crippen molar-refractivity contribution in [3.8, 4) is 0 Å². The summed E-state index contributed by atoms with van der Waals surface area (Å²) >= 11 is 5.78. The summed E-state index contributed by atoms with van der Waals surface area (Å²) in [7, 11) is -4.39. The fraction of sp³-hybridized carbons (Fsp3) is 0.364. The van der Waals surface area contributed by atoms with E-state index in [2.05, 4.69) is 0 Å². The van der Waals surface area contributed by atoms with E-state index in [9.17, 15) is 23.3 Å². The predicted octanol–water partition coefficient (Wildman–Crippen LogP) is 1.73. The highest BCUT2D eigenvalue weighted by molar-refractivity contribution is 7.89. The zero-order valence-electron chi connectivity index (χ0n) is 11.0. The van der Waals surface area contributed by atoms with Crippen LogP contribution >= 0.6 is 11.6 Å². The molecule has 0 aromatic heterocycles. The van der Waals surface area contributed by atoms with Gasteiger partial charge in [-0.05, 0) is 12.5 Å². The van der Waals surface area contributed by atoms with Crippen LogP contribution in [0, 0.1) is 10.1 Å². The highest BCUT2D eigenvalue weighted by Crippen LogP contribution is 2.33. The first-order valence-electron chi connectivity index (χ1n) is 5.86. The SMILES string of the molecule is CCCN(CC(=O)O)S(=O)(=O)c1c(Cl)cccc1[N+](=O)[O-]. The Labute approximate surface area is 126 Å². The van der Waals surface area contributed by atoms with Crippen molar-refractivity contribution in [2.45, 2.75) is 18.2 Å². The fourth-order valence-corrected chi connectivity index (χ4v) is 3.86. The van der Waals surface area contributed by atoms with Crippen LogP contribution in [0.5, 0.6) is 0 Å². The quantitative estimate of drug-likeness (QED) is 0.598. The van der Waals surface area contributed by atoms with E-state index in [0.29, 0.717) is 10.7 Å². The van der Waals surface area contributed by atoms with E-state index >= 15 is 0 Å². The van der Waals surface area contributed by atoms with E-state index in [1.165, 1.54) is 12.1 Å². The highest BCUT2D eigenvalue weighted by atomic mass is 35.5. The maximum absolute atomic E-state index is 12.5. The predicted molar refractivity (Wildman–Crippen MR) is 74.8 cm³/mol. The number of carboxylic acids is 1. The molecule has 0 atom stereocenters. The molecule has 8 nitrogen and oxygen atoms in total. The number of halogens is 1. The first kappa shape index (κ1) is 17.3. The lowest BCUT2D eigenvalue weighted by molar-refractivity contribution is -0.387. The molecule has 0 unspecified atom stereocenters. The van der Waals surface area contributed by atoms with Gasteiger partial charge in [0.2, 0.25) is 0 Å². The van der Waals surface area contributed by atoms with Crippen LogP contribution in [0.1, 0.15) is 13.3 Å². The van der Waals surface area contributed by atoms with Gasteiger partial charge in [-0.25, -0.2) is 8.42 Å². The second-order valence-electron chi connectivity index (χ2n) is 4.08. The summed E-state index contributed by atoms with van der Waals surface area (Å²) in [5.74, 6) is -1.36. The minimum Gasteiger partial charge on any atom is -0.480 e. The normalized spacial score (nSPS) is 11.6. The summed E-state index contributed by atoms with van der Waals surface area (Å²) in [6.45, 7) is 0.779. The minimum atomic E-state index is -4.39.